The number of rotatable bonds is 8. The minimum Gasteiger partial charge on any atom is -0.490 e. The Kier molecular flexibility index (Phi) is 6.17. The van der Waals surface area contributed by atoms with Crippen LogP contribution in [0.4, 0.5) is 17.6 Å². The van der Waals surface area contributed by atoms with E-state index in [1.54, 1.807) is 0 Å². The Bertz CT molecular complexity index is 810. The van der Waals surface area contributed by atoms with Crippen LogP contribution in [-0.4, -0.2) is 28.7 Å². The van der Waals surface area contributed by atoms with Crippen molar-refractivity contribution in [2.45, 2.75) is 45.1 Å². The minimum absolute atomic E-state index is 0.0127. The van der Waals surface area contributed by atoms with Gasteiger partial charge in [-0.3, -0.25) is 4.98 Å². The molecule has 2 aromatic rings. The molecule has 0 amide bonds. The van der Waals surface area contributed by atoms with E-state index in [0.717, 1.165) is 25.5 Å². The van der Waals surface area contributed by atoms with Crippen molar-refractivity contribution in [2.24, 2.45) is 5.92 Å². The molecule has 1 N–H and O–H groups in total. The van der Waals surface area contributed by atoms with E-state index >= 15 is 0 Å². The van der Waals surface area contributed by atoms with Crippen LogP contribution in [0.2, 0.25) is 0 Å². The molecule has 0 aromatic carbocycles. The van der Waals surface area contributed by atoms with Crippen molar-refractivity contribution >= 4 is 0 Å². The van der Waals surface area contributed by atoms with Gasteiger partial charge in [-0.1, -0.05) is 13.8 Å². The molecule has 2 aromatic heterocycles. The van der Waals surface area contributed by atoms with Crippen molar-refractivity contribution in [2.75, 3.05) is 13.2 Å². The first-order valence-corrected chi connectivity index (χ1v) is 9.21. The number of nitrogens with one attached hydrogen (secondary N) is 1. The first kappa shape index (κ1) is 20.5. The third-order valence-electron chi connectivity index (χ3n) is 4.80. The molecule has 1 saturated heterocycles. The molecule has 0 aliphatic carbocycles. The second-order valence-corrected chi connectivity index (χ2v) is 7.49. The van der Waals surface area contributed by atoms with Crippen LogP contribution in [0.1, 0.15) is 50.9 Å². The number of pyridine rings is 2. The van der Waals surface area contributed by atoms with Gasteiger partial charge in [-0.15, -0.1) is 0 Å². The highest BCUT2D eigenvalue weighted by atomic mass is 19.3. The second-order valence-electron chi connectivity index (χ2n) is 7.49. The highest BCUT2D eigenvalue weighted by Crippen LogP contribution is 2.33. The fourth-order valence-electron chi connectivity index (χ4n) is 3.46. The summed E-state index contributed by atoms with van der Waals surface area (Å²) in [5, 5.41) is 3.35. The van der Waals surface area contributed by atoms with Crippen molar-refractivity contribution < 1.29 is 22.3 Å². The number of hydrogen-bond acceptors (Lipinski definition) is 4. The van der Waals surface area contributed by atoms with Crippen molar-refractivity contribution in [3.05, 3.63) is 41.9 Å². The number of ether oxygens (including phenoxy) is 1. The molecule has 152 valence electrons. The van der Waals surface area contributed by atoms with Crippen molar-refractivity contribution in [3.8, 4) is 17.0 Å². The lowest BCUT2D eigenvalue weighted by Gasteiger charge is -2.44. The molecule has 1 unspecified atom stereocenters. The maximum absolute atomic E-state index is 13.6. The SMILES string of the molecule is CC(C)CC1(COc2ccc(-c3ccnc(C(F)F)c3)nc2C(F)F)CCN1. The molecule has 0 radical (unpaired) electrons. The topological polar surface area (TPSA) is 47.0 Å². The van der Waals surface area contributed by atoms with E-state index in [1.807, 2.05) is 0 Å². The Hall–Kier alpha value is -2.22. The van der Waals surface area contributed by atoms with Gasteiger partial charge in [0.1, 0.15) is 23.7 Å². The predicted octanol–water partition coefficient (Wildman–Crippen LogP) is 5.18. The van der Waals surface area contributed by atoms with Crippen LogP contribution in [0.3, 0.4) is 0 Å². The van der Waals surface area contributed by atoms with Crippen molar-refractivity contribution in [1.29, 1.82) is 0 Å². The first-order chi connectivity index (χ1) is 13.3. The molecular weight excluding hydrogens is 374 g/mol. The zero-order chi connectivity index (χ0) is 20.3. The molecule has 1 aliphatic heterocycles. The number of alkyl halides is 4. The molecule has 0 bridgehead atoms. The van der Waals surface area contributed by atoms with Gasteiger partial charge < -0.3 is 10.1 Å². The van der Waals surface area contributed by atoms with Gasteiger partial charge in [-0.05, 0) is 49.6 Å². The van der Waals surface area contributed by atoms with E-state index in [1.165, 1.54) is 24.4 Å². The largest absolute Gasteiger partial charge is 0.490 e. The van der Waals surface area contributed by atoms with Crippen molar-refractivity contribution in [1.82, 2.24) is 15.3 Å². The number of nitrogens with zero attached hydrogens (tertiary/aromatic N) is 2. The van der Waals surface area contributed by atoms with E-state index in [-0.39, 0.29) is 23.6 Å². The van der Waals surface area contributed by atoms with Crippen LogP contribution >= 0.6 is 0 Å². The average Bonchev–Trinajstić information content (AvgIpc) is 2.63. The van der Waals surface area contributed by atoms with Crippen LogP contribution in [0.5, 0.6) is 5.75 Å². The van der Waals surface area contributed by atoms with Crippen LogP contribution < -0.4 is 10.1 Å². The van der Waals surface area contributed by atoms with Gasteiger partial charge in [0.15, 0.2) is 0 Å². The molecule has 1 fully saturated rings. The van der Waals surface area contributed by atoms with Crippen LogP contribution in [-0.2, 0) is 0 Å². The Morgan fingerprint density at radius 3 is 2.46 bits per heavy atom. The summed E-state index contributed by atoms with van der Waals surface area (Å²) in [4.78, 5) is 7.56. The lowest BCUT2D eigenvalue weighted by Crippen LogP contribution is -2.61. The predicted molar refractivity (Wildman–Crippen MR) is 97.7 cm³/mol. The summed E-state index contributed by atoms with van der Waals surface area (Å²) >= 11 is 0. The Labute approximate surface area is 161 Å². The maximum atomic E-state index is 13.6. The summed E-state index contributed by atoms with van der Waals surface area (Å²) in [7, 11) is 0. The zero-order valence-corrected chi connectivity index (χ0v) is 15.8. The van der Waals surface area contributed by atoms with E-state index in [4.69, 9.17) is 4.74 Å². The number of halogens is 4. The third kappa shape index (κ3) is 4.60. The van der Waals surface area contributed by atoms with Gasteiger partial charge in [0.05, 0.1) is 11.2 Å². The van der Waals surface area contributed by atoms with Gasteiger partial charge in [0.25, 0.3) is 12.9 Å². The average molecular weight is 397 g/mol. The van der Waals surface area contributed by atoms with Gasteiger partial charge in [-0.25, -0.2) is 22.5 Å². The standard InChI is InChI=1S/C20H23F4N3O/c1-12(2)10-20(6-8-26-20)11-28-16-4-3-14(27-17(16)19(23)24)13-5-7-25-15(9-13)18(21)22/h3-5,7,9,12,18-19,26H,6,8,10-11H2,1-2H3. The van der Waals surface area contributed by atoms with E-state index in [9.17, 15) is 17.6 Å². The third-order valence-corrected chi connectivity index (χ3v) is 4.80. The quantitative estimate of drug-likeness (QED) is 0.624. The van der Waals surface area contributed by atoms with Crippen LogP contribution in [0.15, 0.2) is 30.5 Å². The summed E-state index contributed by atoms with van der Waals surface area (Å²) < 4.78 is 58.5. The van der Waals surface area contributed by atoms with E-state index in [2.05, 4.69) is 29.1 Å². The molecule has 0 spiro atoms. The molecule has 28 heavy (non-hydrogen) atoms. The van der Waals surface area contributed by atoms with Gasteiger partial charge in [0.2, 0.25) is 0 Å². The normalized spacial score (nSPS) is 19.3. The molecule has 3 heterocycles. The Morgan fingerprint density at radius 1 is 1.14 bits per heavy atom. The fraction of sp³-hybridized carbons (Fsp3) is 0.500. The Balaban J connectivity index is 1.83. The molecule has 3 rings (SSSR count). The number of aromatic nitrogens is 2. The molecule has 8 heteroatoms. The lowest BCUT2D eigenvalue weighted by atomic mass is 9.81. The van der Waals surface area contributed by atoms with Crippen LogP contribution in [0, 0.1) is 5.92 Å². The smallest absolute Gasteiger partial charge is 0.284 e. The van der Waals surface area contributed by atoms with Gasteiger partial charge in [0, 0.05) is 11.8 Å². The molecular formula is C20H23F4N3O. The summed E-state index contributed by atoms with van der Waals surface area (Å²) in [5.41, 5.74) is -0.651. The number of hydrogen-bond donors (Lipinski definition) is 1. The fourth-order valence-corrected chi connectivity index (χ4v) is 3.46. The minimum atomic E-state index is -2.85. The summed E-state index contributed by atoms with van der Waals surface area (Å²) in [6.07, 6.45) is -2.57. The molecule has 1 aliphatic rings. The molecule has 4 nitrogen and oxygen atoms in total. The van der Waals surface area contributed by atoms with Gasteiger partial charge in [-0.2, -0.15) is 0 Å². The lowest BCUT2D eigenvalue weighted by molar-refractivity contribution is 0.0863. The highest BCUT2D eigenvalue weighted by Gasteiger charge is 2.38. The Morgan fingerprint density at radius 2 is 1.89 bits per heavy atom. The second kappa shape index (κ2) is 8.43. The summed E-state index contributed by atoms with van der Waals surface area (Å²) in [6, 6.07) is 5.53. The highest BCUT2D eigenvalue weighted by molar-refractivity contribution is 5.60. The maximum Gasteiger partial charge on any atom is 0.284 e. The molecule has 0 saturated carbocycles. The monoisotopic (exact) mass is 397 g/mol. The summed E-state index contributed by atoms with van der Waals surface area (Å²) in [5.74, 6) is 0.459. The molecule has 1 atom stereocenters. The zero-order valence-electron chi connectivity index (χ0n) is 15.8. The van der Waals surface area contributed by atoms with E-state index < -0.39 is 24.2 Å². The first-order valence-electron chi connectivity index (χ1n) is 9.21. The van der Waals surface area contributed by atoms with Gasteiger partial charge >= 0.3 is 0 Å². The van der Waals surface area contributed by atoms with Crippen molar-refractivity contribution in [3.63, 3.8) is 0 Å². The summed E-state index contributed by atoms with van der Waals surface area (Å²) in [6.45, 7) is 5.36. The van der Waals surface area contributed by atoms with E-state index in [0.29, 0.717) is 11.5 Å². The van der Waals surface area contributed by atoms with Crippen LogP contribution in [0.25, 0.3) is 11.3 Å².